The molecule has 2 amide bonds. The van der Waals surface area contributed by atoms with Gasteiger partial charge in [-0.05, 0) is 35.7 Å². The van der Waals surface area contributed by atoms with Gasteiger partial charge in [0.2, 0.25) is 5.91 Å². The Balaban J connectivity index is 1.56. The number of halogens is 1. The summed E-state index contributed by atoms with van der Waals surface area (Å²) >= 11 is 6.20. The third-order valence-corrected chi connectivity index (χ3v) is 4.62. The molecule has 1 aliphatic heterocycles. The third kappa shape index (κ3) is 4.42. The molecule has 3 rings (SSSR count). The number of hydrogen-bond acceptors (Lipinski definition) is 3. The summed E-state index contributed by atoms with van der Waals surface area (Å²) in [4.78, 5) is 26.4. The summed E-state index contributed by atoms with van der Waals surface area (Å²) < 4.78 is 0. The van der Waals surface area contributed by atoms with Crippen LogP contribution in [0.1, 0.15) is 34.8 Å². The summed E-state index contributed by atoms with van der Waals surface area (Å²) in [5.41, 5.74) is 3.54. The number of benzene rings is 2. The van der Waals surface area contributed by atoms with Gasteiger partial charge in [-0.25, -0.2) is 0 Å². The molecule has 0 unspecified atom stereocenters. The molecule has 2 aromatic rings. The highest BCUT2D eigenvalue weighted by Gasteiger charge is 2.20. The van der Waals surface area contributed by atoms with Crippen molar-refractivity contribution in [3.8, 4) is 0 Å². The fourth-order valence-electron chi connectivity index (χ4n) is 3.03. The number of carbonyl (C=O) groups excluding carboxylic acids is 2. The van der Waals surface area contributed by atoms with Crippen molar-refractivity contribution in [1.29, 1.82) is 0 Å². The van der Waals surface area contributed by atoms with E-state index in [2.05, 4.69) is 27.7 Å². The van der Waals surface area contributed by atoms with E-state index in [1.807, 2.05) is 19.1 Å². The molecule has 2 N–H and O–H groups in total. The third-order valence-electron chi connectivity index (χ3n) is 4.31. The zero-order valence-electron chi connectivity index (χ0n) is 14.7. The molecule has 0 bridgehead atoms. The molecule has 136 valence electrons. The Bertz CT molecular complexity index is 797. The molecule has 0 saturated heterocycles. The van der Waals surface area contributed by atoms with Crippen LogP contribution in [0.3, 0.4) is 0 Å². The first-order chi connectivity index (χ1) is 12.6. The Labute approximate surface area is 158 Å². The van der Waals surface area contributed by atoms with Crippen molar-refractivity contribution < 1.29 is 9.59 Å². The van der Waals surface area contributed by atoms with E-state index in [-0.39, 0.29) is 11.8 Å². The number of nitrogens with one attached hydrogen (secondary N) is 2. The molecule has 2 aromatic carbocycles. The maximum Gasteiger partial charge on any atom is 0.252 e. The number of rotatable bonds is 6. The van der Waals surface area contributed by atoms with Crippen LogP contribution < -0.4 is 10.6 Å². The van der Waals surface area contributed by atoms with Gasteiger partial charge in [-0.1, -0.05) is 42.8 Å². The van der Waals surface area contributed by atoms with Gasteiger partial charge in [-0.3, -0.25) is 14.5 Å². The average Bonchev–Trinajstić information content (AvgIpc) is 3.01. The van der Waals surface area contributed by atoms with Crippen LogP contribution in [0.25, 0.3) is 0 Å². The molecular formula is C20H22ClN3O2. The highest BCUT2D eigenvalue weighted by Crippen LogP contribution is 2.23. The summed E-state index contributed by atoms with van der Waals surface area (Å²) in [6, 6.07) is 13.2. The van der Waals surface area contributed by atoms with Gasteiger partial charge in [0.15, 0.2) is 0 Å². The first kappa shape index (κ1) is 18.4. The van der Waals surface area contributed by atoms with Crippen molar-refractivity contribution in [2.45, 2.75) is 26.4 Å². The monoisotopic (exact) mass is 371 g/mol. The van der Waals surface area contributed by atoms with E-state index in [1.165, 1.54) is 11.1 Å². The fraction of sp³-hybridized carbons (Fsp3) is 0.300. The maximum absolute atomic E-state index is 12.3. The molecule has 0 saturated carbocycles. The predicted octanol–water partition coefficient (Wildman–Crippen LogP) is 3.43. The van der Waals surface area contributed by atoms with Crippen LogP contribution in [0.2, 0.25) is 5.02 Å². The molecule has 0 aliphatic carbocycles. The van der Waals surface area contributed by atoms with E-state index < -0.39 is 0 Å². The zero-order chi connectivity index (χ0) is 18.5. The van der Waals surface area contributed by atoms with Crippen LogP contribution in [0.15, 0.2) is 42.5 Å². The van der Waals surface area contributed by atoms with Gasteiger partial charge < -0.3 is 10.6 Å². The van der Waals surface area contributed by atoms with Gasteiger partial charge in [0.05, 0.1) is 17.1 Å². The molecule has 5 nitrogen and oxygen atoms in total. The maximum atomic E-state index is 12.3. The molecule has 0 atom stereocenters. The van der Waals surface area contributed by atoms with Crippen LogP contribution in [-0.4, -0.2) is 29.8 Å². The van der Waals surface area contributed by atoms with E-state index in [1.54, 1.807) is 18.2 Å². The number of carbonyl (C=O) groups is 2. The Morgan fingerprint density at radius 2 is 1.81 bits per heavy atom. The van der Waals surface area contributed by atoms with Gasteiger partial charge in [0.25, 0.3) is 5.91 Å². The second kappa shape index (κ2) is 8.34. The van der Waals surface area contributed by atoms with E-state index in [9.17, 15) is 9.59 Å². The zero-order valence-corrected chi connectivity index (χ0v) is 15.5. The lowest BCUT2D eigenvalue weighted by atomic mass is 10.1. The highest BCUT2D eigenvalue weighted by molar-refractivity contribution is 6.34. The normalized spacial score (nSPS) is 13.3. The van der Waals surface area contributed by atoms with Crippen molar-refractivity contribution in [1.82, 2.24) is 10.2 Å². The molecular weight excluding hydrogens is 350 g/mol. The number of amides is 2. The summed E-state index contributed by atoms with van der Waals surface area (Å²) in [5.74, 6) is -0.304. The minimum absolute atomic E-state index is 0.0999. The fourth-order valence-corrected chi connectivity index (χ4v) is 3.30. The average molecular weight is 372 g/mol. The molecule has 1 aliphatic rings. The van der Waals surface area contributed by atoms with E-state index in [0.29, 0.717) is 29.4 Å². The molecule has 26 heavy (non-hydrogen) atoms. The number of hydrogen-bond donors (Lipinski definition) is 2. The van der Waals surface area contributed by atoms with Gasteiger partial charge >= 0.3 is 0 Å². The highest BCUT2D eigenvalue weighted by atomic mass is 35.5. The van der Waals surface area contributed by atoms with Crippen LogP contribution in [0.5, 0.6) is 0 Å². The van der Waals surface area contributed by atoms with Crippen molar-refractivity contribution in [3.63, 3.8) is 0 Å². The van der Waals surface area contributed by atoms with Crippen LogP contribution >= 0.6 is 11.6 Å². The molecule has 0 radical (unpaired) electrons. The Hall–Kier alpha value is -2.37. The topological polar surface area (TPSA) is 61.4 Å². The standard InChI is InChI=1S/C20H22ClN3O2/c1-2-9-22-20(26)17-8-7-16(10-18(17)21)23-19(25)13-24-11-14-5-3-4-6-15(14)12-24/h3-8,10H,2,9,11-13H2,1H3,(H,22,26)(H,23,25). The predicted molar refractivity (Wildman–Crippen MR) is 103 cm³/mol. The molecule has 1 heterocycles. The van der Waals surface area contributed by atoms with Crippen molar-refractivity contribution in [3.05, 3.63) is 64.2 Å². The second-order valence-corrected chi connectivity index (χ2v) is 6.82. The van der Waals surface area contributed by atoms with Crippen molar-refractivity contribution in [2.24, 2.45) is 0 Å². The lowest BCUT2D eigenvalue weighted by molar-refractivity contribution is -0.117. The molecule has 6 heteroatoms. The Morgan fingerprint density at radius 1 is 1.12 bits per heavy atom. The summed E-state index contributed by atoms with van der Waals surface area (Å²) in [7, 11) is 0. The number of fused-ring (bicyclic) bond motifs is 1. The van der Waals surface area contributed by atoms with Crippen LogP contribution in [0.4, 0.5) is 5.69 Å². The minimum atomic E-state index is -0.204. The van der Waals surface area contributed by atoms with Crippen molar-refractivity contribution >= 4 is 29.1 Å². The molecule has 0 fully saturated rings. The summed E-state index contributed by atoms with van der Waals surface area (Å²) in [6.45, 7) is 4.46. The van der Waals surface area contributed by atoms with Gasteiger partial charge in [0, 0.05) is 25.3 Å². The lowest BCUT2D eigenvalue weighted by Crippen LogP contribution is -2.29. The van der Waals surface area contributed by atoms with Gasteiger partial charge in [-0.2, -0.15) is 0 Å². The molecule has 0 aromatic heterocycles. The summed E-state index contributed by atoms with van der Waals surface area (Å²) in [6.07, 6.45) is 0.859. The quantitative estimate of drug-likeness (QED) is 0.817. The first-order valence-corrected chi connectivity index (χ1v) is 9.11. The van der Waals surface area contributed by atoms with Crippen molar-refractivity contribution in [2.75, 3.05) is 18.4 Å². The van der Waals surface area contributed by atoms with Crippen LogP contribution in [-0.2, 0) is 17.9 Å². The Morgan fingerprint density at radius 3 is 2.42 bits per heavy atom. The van der Waals surface area contributed by atoms with E-state index >= 15 is 0 Å². The minimum Gasteiger partial charge on any atom is -0.352 e. The largest absolute Gasteiger partial charge is 0.352 e. The first-order valence-electron chi connectivity index (χ1n) is 8.73. The summed E-state index contributed by atoms with van der Waals surface area (Å²) in [5, 5.41) is 5.96. The van der Waals surface area contributed by atoms with Gasteiger partial charge in [-0.15, -0.1) is 0 Å². The lowest BCUT2D eigenvalue weighted by Gasteiger charge is -2.15. The molecule has 0 spiro atoms. The second-order valence-electron chi connectivity index (χ2n) is 6.41. The Kier molecular flexibility index (Phi) is 5.91. The number of anilines is 1. The number of nitrogens with zero attached hydrogens (tertiary/aromatic N) is 1. The SMILES string of the molecule is CCCNC(=O)c1ccc(NC(=O)CN2Cc3ccccc3C2)cc1Cl. The smallest absolute Gasteiger partial charge is 0.252 e. The van der Waals surface area contributed by atoms with Gasteiger partial charge in [0.1, 0.15) is 0 Å². The van der Waals surface area contributed by atoms with E-state index in [0.717, 1.165) is 19.5 Å². The van der Waals surface area contributed by atoms with Crippen LogP contribution in [0, 0.1) is 0 Å². The van der Waals surface area contributed by atoms with E-state index in [4.69, 9.17) is 11.6 Å².